The first-order valence-electron chi connectivity index (χ1n) is 5.24. The van der Waals surface area contributed by atoms with Crippen molar-refractivity contribution in [1.29, 1.82) is 0 Å². The van der Waals surface area contributed by atoms with Crippen LogP contribution in [0.2, 0.25) is 5.02 Å². The van der Waals surface area contributed by atoms with E-state index in [1.54, 1.807) is 6.20 Å². The van der Waals surface area contributed by atoms with Gasteiger partial charge in [0.15, 0.2) is 0 Å². The first kappa shape index (κ1) is 10.2. The molecule has 0 saturated heterocycles. The van der Waals surface area contributed by atoms with Crippen LogP contribution in [0.1, 0.15) is 0 Å². The molecule has 3 aromatic rings. The summed E-state index contributed by atoms with van der Waals surface area (Å²) in [5, 5.41) is 6.05. The second-order valence-corrected chi connectivity index (χ2v) is 4.25. The molecule has 2 N–H and O–H groups in total. The van der Waals surface area contributed by atoms with Gasteiger partial charge in [0, 0.05) is 10.4 Å². The average molecular weight is 244 g/mol. The van der Waals surface area contributed by atoms with E-state index in [1.165, 1.54) is 0 Å². The standard InChI is InChI=1S/C13H10ClN3/c14-10-5-6-12-9(7-10)8-16-17(12)13-4-2-1-3-11(13)15/h1-8H,15H2. The number of anilines is 1. The van der Waals surface area contributed by atoms with Crippen LogP contribution < -0.4 is 5.73 Å². The van der Waals surface area contributed by atoms with Gasteiger partial charge in [0.05, 0.1) is 23.1 Å². The highest BCUT2D eigenvalue weighted by molar-refractivity contribution is 6.31. The summed E-state index contributed by atoms with van der Waals surface area (Å²) in [7, 11) is 0. The monoisotopic (exact) mass is 243 g/mol. The average Bonchev–Trinajstić information content (AvgIpc) is 2.72. The van der Waals surface area contributed by atoms with E-state index >= 15 is 0 Å². The van der Waals surface area contributed by atoms with Crippen molar-refractivity contribution in [3.63, 3.8) is 0 Å². The van der Waals surface area contributed by atoms with Gasteiger partial charge in [-0.05, 0) is 30.3 Å². The van der Waals surface area contributed by atoms with Gasteiger partial charge in [0.1, 0.15) is 0 Å². The van der Waals surface area contributed by atoms with E-state index in [4.69, 9.17) is 17.3 Å². The maximum Gasteiger partial charge on any atom is 0.0882 e. The van der Waals surface area contributed by atoms with Gasteiger partial charge in [-0.1, -0.05) is 23.7 Å². The number of benzene rings is 2. The van der Waals surface area contributed by atoms with Crippen molar-refractivity contribution in [3.05, 3.63) is 53.7 Å². The van der Waals surface area contributed by atoms with Crippen LogP contribution >= 0.6 is 11.6 Å². The Hall–Kier alpha value is -2.00. The fraction of sp³-hybridized carbons (Fsp3) is 0. The number of nitrogens with two attached hydrogens (primary N) is 1. The highest BCUT2D eigenvalue weighted by Gasteiger charge is 2.07. The van der Waals surface area contributed by atoms with E-state index in [2.05, 4.69) is 5.10 Å². The summed E-state index contributed by atoms with van der Waals surface area (Å²) in [5.74, 6) is 0. The maximum absolute atomic E-state index is 5.95. The molecule has 0 atom stereocenters. The molecule has 0 aliphatic heterocycles. The van der Waals surface area contributed by atoms with Crippen LogP contribution in [0.15, 0.2) is 48.7 Å². The summed E-state index contributed by atoms with van der Waals surface area (Å²) >= 11 is 5.94. The second kappa shape index (κ2) is 3.79. The zero-order valence-electron chi connectivity index (χ0n) is 8.97. The molecule has 0 bridgehead atoms. The second-order valence-electron chi connectivity index (χ2n) is 3.82. The minimum atomic E-state index is 0.701. The Labute approximate surface area is 103 Å². The molecule has 0 fully saturated rings. The van der Waals surface area contributed by atoms with E-state index in [0.717, 1.165) is 16.6 Å². The Bertz CT molecular complexity index is 688. The molecule has 0 spiro atoms. The lowest BCUT2D eigenvalue weighted by Crippen LogP contribution is -2.00. The van der Waals surface area contributed by atoms with Crippen molar-refractivity contribution in [2.45, 2.75) is 0 Å². The predicted octanol–water partition coefficient (Wildman–Crippen LogP) is 3.26. The van der Waals surface area contributed by atoms with E-state index in [-0.39, 0.29) is 0 Å². The summed E-state index contributed by atoms with van der Waals surface area (Å²) in [6, 6.07) is 13.3. The molecule has 0 radical (unpaired) electrons. The van der Waals surface area contributed by atoms with Crippen LogP contribution in [-0.2, 0) is 0 Å². The van der Waals surface area contributed by atoms with Crippen molar-refractivity contribution in [2.24, 2.45) is 0 Å². The number of fused-ring (bicyclic) bond motifs is 1. The Morgan fingerprint density at radius 2 is 1.94 bits per heavy atom. The third kappa shape index (κ3) is 1.65. The maximum atomic E-state index is 5.95. The third-order valence-corrected chi connectivity index (χ3v) is 2.93. The molecule has 0 aliphatic rings. The van der Waals surface area contributed by atoms with Gasteiger partial charge < -0.3 is 5.73 Å². The van der Waals surface area contributed by atoms with Crippen molar-refractivity contribution < 1.29 is 0 Å². The highest BCUT2D eigenvalue weighted by atomic mass is 35.5. The largest absolute Gasteiger partial charge is 0.397 e. The number of hydrogen-bond donors (Lipinski definition) is 1. The number of halogens is 1. The summed E-state index contributed by atoms with van der Waals surface area (Å²) in [5.41, 5.74) is 8.52. The molecule has 84 valence electrons. The van der Waals surface area contributed by atoms with Crippen LogP contribution in [0.4, 0.5) is 5.69 Å². The smallest absolute Gasteiger partial charge is 0.0882 e. The van der Waals surface area contributed by atoms with Gasteiger partial charge in [-0.2, -0.15) is 5.10 Å². The van der Waals surface area contributed by atoms with E-state index in [9.17, 15) is 0 Å². The lowest BCUT2D eigenvalue weighted by Gasteiger charge is -2.06. The summed E-state index contributed by atoms with van der Waals surface area (Å²) < 4.78 is 1.82. The Kier molecular flexibility index (Phi) is 2.27. The lowest BCUT2D eigenvalue weighted by atomic mass is 10.2. The molecule has 3 nitrogen and oxygen atoms in total. The normalized spacial score (nSPS) is 10.9. The van der Waals surface area contributed by atoms with Crippen LogP contribution in [0.5, 0.6) is 0 Å². The topological polar surface area (TPSA) is 43.8 Å². The van der Waals surface area contributed by atoms with Crippen molar-refractivity contribution in [3.8, 4) is 5.69 Å². The molecule has 3 rings (SSSR count). The van der Waals surface area contributed by atoms with E-state index in [1.807, 2.05) is 47.1 Å². The first-order chi connectivity index (χ1) is 8.25. The number of hydrogen-bond acceptors (Lipinski definition) is 2. The SMILES string of the molecule is Nc1ccccc1-n1ncc2cc(Cl)ccc21. The molecule has 1 aromatic heterocycles. The Balaban J connectivity index is 2.29. The first-order valence-corrected chi connectivity index (χ1v) is 5.62. The zero-order chi connectivity index (χ0) is 11.8. The minimum absolute atomic E-state index is 0.701. The van der Waals surface area contributed by atoms with Gasteiger partial charge in [-0.3, -0.25) is 0 Å². The fourth-order valence-electron chi connectivity index (χ4n) is 1.88. The number of rotatable bonds is 1. The quantitative estimate of drug-likeness (QED) is 0.667. The Morgan fingerprint density at radius 1 is 1.12 bits per heavy atom. The van der Waals surface area contributed by atoms with Crippen molar-refractivity contribution >= 4 is 28.2 Å². The highest BCUT2D eigenvalue weighted by Crippen LogP contribution is 2.24. The number of para-hydroxylation sites is 2. The van der Waals surface area contributed by atoms with Crippen LogP contribution in [0, 0.1) is 0 Å². The zero-order valence-corrected chi connectivity index (χ0v) is 9.72. The van der Waals surface area contributed by atoms with Crippen molar-refractivity contribution in [1.82, 2.24) is 9.78 Å². The number of nitrogens with zero attached hydrogens (tertiary/aromatic N) is 2. The number of aromatic nitrogens is 2. The van der Waals surface area contributed by atoms with Crippen molar-refractivity contribution in [2.75, 3.05) is 5.73 Å². The molecule has 0 amide bonds. The van der Waals surface area contributed by atoms with E-state index in [0.29, 0.717) is 10.7 Å². The molecule has 0 unspecified atom stereocenters. The summed E-state index contributed by atoms with van der Waals surface area (Å²) in [4.78, 5) is 0. The molecule has 4 heteroatoms. The van der Waals surface area contributed by atoms with Gasteiger partial charge >= 0.3 is 0 Å². The van der Waals surface area contributed by atoms with Gasteiger partial charge in [0.2, 0.25) is 0 Å². The fourth-order valence-corrected chi connectivity index (χ4v) is 2.06. The molecule has 0 saturated carbocycles. The molecule has 1 heterocycles. The minimum Gasteiger partial charge on any atom is -0.397 e. The third-order valence-electron chi connectivity index (χ3n) is 2.69. The van der Waals surface area contributed by atoms with Crippen LogP contribution in [0.3, 0.4) is 0 Å². The van der Waals surface area contributed by atoms with Crippen LogP contribution in [-0.4, -0.2) is 9.78 Å². The van der Waals surface area contributed by atoms with Gasteiger partial charge in [0.25, 0.3) is 0 Å². The molecule has 2 aromatic carbocycles. The predicted molar refractivity (Wildman–Crippen MR) is 70.5 cm³/mol. The Morgan fingerprint density at radius 3 is 2.76 bits per heavy atom. The molecule has 0 aliphatic carbocycles. The van der Waals surface area contributed by atoms with E-state index < -0.39 is 0 Å². The number of nitrogen functional groups attached to an aromatic ring is 1. The summed E-state index contributed by atoms with van der Waals surface area (Å²) in [6.45, 7) is 0. The van der Waals surface area contributed by atoms with Gasteiger partial charge in [-0.25, -0.2) is 4.68 Å². The molecule has 17 heavy (non-hydrogen) atoms. The van der Waals surface area contributed by atoms with Gasteiger partial charge in [-0.15, -0.1) is 0 Å². The summed E-state index contributed by atoms with van der Waals surface area (Å²) in [6.07, 6.45) is 1.79. The molecular formula is C13H10ClN3. The van der Waals surface area contributed by atoms with Crippen LogP contribution in [0.25, 0.3) is 16.6 Å². The lowest BCUT2D eigenvalue weighted by molar-refractivity contribution is 0.913. The molecular weight excluding hydrogens is 234 g/mol.